The van der Waals surface area contributed by atoms with E-state index in [0.717, 1.165) is 25.3 Å². The van der Waals surface area contributed by atoms with Crippen LogP contribution < -0.4 is 15.0 Å². The third-order valence-corrected chi connectivity index (χ3v) is 5.35. The fourth-order valence-corrected chi connectivity index (χ4v) is 3.66. The monoisotopic (exact) mass is 391 g/mol. The Kier molecular flexibility index (Phi) is 11.5. The van der Waals surface area contributed by atoms with E-state index in [4.69, 9.17) is 9.47 Å². The lowest BCUT2D eigenvalue weighted by molar-refractivity contribution is -0.887. The number of hydrogen-bond donors (Lipinski definition) is 2. The zero-order valence-electron chi connectivity index (χ0n) is 17.6. The molecule has 0 atom stereocenters. The molecule has 0 saturated carbocycles. The molecule has 158 valence electrons. The van der Waals surface area contributed by atoms with E-state index in [1.807, 2.05) is 24.3 Å². The number of quaternary nitrogens is 1. The standard InChI is InChI=1S/C23H38N2O3/c1-2-3-4-5-6-7-8-11-18-27-22-14-12-13-21(20-22)24-23(26)28-19-17-25-15-9-10-16-25/h12-14,20H,2-11,15-19H2,1H3,(H,24,26)/p+1. The number of hydrogen-bond acceptors (Lipinski definition) is 3. The molecular formula is C23H39N2O3+. The van der Waals surface area contributed by atoms with Crippen molar-refractivity contribution in [3.8, 4) is 5.75 Å². The molecule has 1 aliphatic rings. The van der Waals surface area contributed by atoms with Crippen LogP contribution >= 0.6 is 0 Å². The number of carbonyl (C=O) groups is 1. The summed E-state index contributed by atoms with van der Waals surface area (Å²) in [4.78, 5) is 13.5. The summed E-state index contributed by atoms with van der Waals surface area (Å²) in [5.41, 5.74) is 0.715. The van der Waals surface area contributed by atoms with Gasteiger partial charge in [-0.05, 0) is 18.6 Å². The van der Waals surface area contributed by atoms with Gasteiger partial charge in [0.05, 0.1) is 19.7 Å². The largest absolute Gasteiger partial charge is 0.494 e. The van der Waals surface area contributed by atoms with Gasteiger partial charge in [0.15, 0.2) is 0 Å². The van der Waals surface area contributed by atoms with Crippen LogP contribution in [-0.2, 0) is 4.74 Å². The van der Waals surface area contributed by atoms with E-state index in [0.29, 0.717) is 12.3 Å². The molecule has 2 N–H and O–H groups in total. The first-order valence-electron chi connectivity index (χ1n) is 11.3. The number of anilines is 1. The molecule has 1 aliphatic heterocycles. The summed E-state index contributed by atoms with van der Waals surface area (Å²) in [7, 11) is 0. The van der Waals surface area contributed by atoms with E-state index in [2.05, 4.69) is 12.2 Å². The van der Waals surface area contributed by atoms with Gasteiger partial charge in [-0.3, -0.25) is 5.32 Å². The molecule has 1 aromatic carbocycles. The third kappa shape index (κ3) is 9.98. The lowest BCUT2D eigenvalue weighted by atomic mass is 10.1. The van der Waals surface area contributed by atoms with Crippen molar-refractivity contribution in [3.63, 3.8) is 0 Å². The second-order valence-electron chi connectivity index (χ2n) is 7.82. The van der Waals surface area contributed by atoms with Gasteiger partial charge in [0, 0.05) is 24.6 Å². The van der Waals surface area contributed by atoms with Crippen LogP contribution in [-0.4, -0.2) is 38.9 Å². The minimum absolute atomic E-state index is 0.390. The van der Waals surface area contributed by atoms with E-state index in [1.54, 1.807) is 0 Å². The summed E-state index contributed by atoms with van der Waals surface area (Å²) < 4.78 is 11.1. The normalized spacial score (nSPS) is 14.2. The average molecular weight is 392 g/mol. The van der Waals surface area contributed by atoms with Crippen molar-refractivity contribution in [2.75, 3.05) is 38.2 Å². The highest BCUT2D eigenvalue weighted by molar-refractivity contribution is 5.84. The Bertz CT molecular complexity index is 544. The van der Waals surface area contributed by atoms with E-state index >= 15 is 0 Å². The summed E-state index contributed by atoms with van der Waals surface area (Å²) >= 11 is 0. The van der Waals surface area contributed by atoms with E-state index < -0.39 is 0 Å². The van der Waals surface area contributed by atoms with Gasteiger partial charge in [0.2, 0.25) is 0 Å². The number of amides is 1. The minimum Gasteiger partial charge on any atom is -0.494 e. The molecule has 0 aromatic heterocycles. The van der Waals surface area contributed by atoms with Crippen LogP contribution in [0, 0.1) is 0 Å². The fraction of sp³-hybridized carbons (Fsp3) is 0.696. The molecule has 1 fully saturated rings. The second kappa shape index (κ2) is 14.3. The van der Waals surface area contributed by atoms with Crippen molar-refractivity contribution in [2.24, 2.45) is 0 Å². The number of unbranched alkanes of at least 4 members (excludes halogenated alkanes) is 7. The highest BCUT2D eigenvalue weighted by Crippen LogP contribution is 2.18. The zero-order valence-corrected chi connectivity index (χ0v) is 17.6. The molecule has 1 heterocycles. The average Bonchev–Trinajstić information content (AvgIpc) is 3.20. The maximum Gasteiger partial charge on any atom is 0.411 e. The predicted molar refractivity (Wildman–Crippen MR) is 114 cm³/mol. The van der Waals surface area contributed by atoms with Crippen molar-refractivity contribution in [1.29, 1.82) is 0 Å². The molecule has 5 heteroatoms. The van der Waals surface area contributed by atoms with Gasteiger partial charge in [0.25, 0.3) is 0 Å². The lowest BCUT2D eigenvalue weighted by Gasteiger charge is -2.13. The number of nitrogens with one attached hydrogen (secondary N) is 2. The molecule has 0 bridgehead atoms. The van der Waals surface area contributed by atoms with Gasteiger partial charge in [-0.1, -0.05) is 57.9 Å². The minimum atomic E-state index is -0.390. The first kappa shape index (κ1) is 22.5. The first-order chi connectivity index (χ1) is 13.8. The van der Waals surface area contributed by atoms with Crippen LogP contribution in [0.1, 0.15) is 71.1 Å². The Morgan fingerprint density at radius 3 is 2.46 bits per heavy atom. The summed E-state index contributed by atoms with van der Waals surface area (Å²) in [6.07, 6.45) is 12.5. The predicted octanol–water partition coefficient (Wildman–Crippen LogP) is 4.43. The highest BCUT2D eigenvalue weighted by atomic mass is 16.5. The Morgan fingerprint density at radius 1 is 1.00 bits per heavy atom. The van der Waals surface area contributed by atoms with E-state index in [9.17, 15) is 4.79 Å². The Morgan fingerprint density at radius 2 is 1.71 bits per heavy atom. The van der Waals surface area contributed by atoms with Gasteiger partial charge in [0.1, 0.15) is 18.9 Å². The zero-order chi connectivity index (χ0) is 19.9. The van der Waals surface area contributed by atoms with Crippen molar-refractivity contribution in [1.82, 2.24) is 0 Å². The van der Waals surface area contributed by atoms with Crippen LogP contribution in [0.3, 0.4) is 0 Å². The topological polar surface area (TPSA) is 52.0 Å². The maximum atomic E-state index is 11.9. The SMILES string of the molecule is CCCCCCCCCCOc1cccc(NC(=O)OCC[NH+]2CCCC2)c1. The molecule has 1 saturated heterocycles. The van der Waals surface area contributed by atoms with Crippen LogP contribution in [0.25, 0.3) is 0 Å². The Hall–Kier alpha value is -1.75. The van der Waals surface area contributed by atoms with Gasteiger partial charge in [-0.2, -0.15) is 0 Å². The molecule has 1 amide bonds. The molecule has 0 unspecified atom stereocenters. The fourth-order valence-electron chi connectivity index (χ4n) is 3.66. The molecule has 1 aromatic rings. The number of ether oxygens (including phenoxy) is 2. The third-order valence-electron chi connectivity index (χ3n) is 5.35. The van der Waals surface area contributed by atoms with Crippen molar-refractivity contribution < 1.29 is 19.2 Å². The van der Waals surface area contributed by atoms with Gasteiger partial charge < -0.3 is 14.4 Å². The molecular weight excluding hydrogens is 352 g/mol. The van der Waals surface area contributed by atoms with Gasteiger partial charge in [-0.25, -0.2) is 4.79 Å². The lowest BCUT2D eigenvalue weighted by Crippen LogP contribution is -3.10. The molecule has 0 spiro atoms. The van der Waals surface area contributed by atoms with Crippen molar-refractivity contribution in [3.05, 3.63) is 24.3 Å². The van der Waals surface area contributed by atoms with E-state index in [-0.39, 0.29) is 6.09 Å². The molecule has 0 radical (unpaired) electrons. The van der Waals surface area contributed by atoms with Crippen molar-refractivity contribution in [2.45, 2.75) is 71.1 Å². The quantitative estimate of drug-likeness (QED) is 0.461. The highest BCUT2D eigenvalue weighted by Gasteiger charge is 2.15. The van der Waals surface area contributed by atoms with Gasteiger partial charge >= 0.3 is 6.09 Å². The van der Waals surface area contributed by atoms with Crippen LogP contribution in [0.2, 0.25) is 0 Å². The second-order valence-corrected chi connectivity index (χ2v) is 7.82. The van der Waals surface area contributed by atoms with Crippen LogP contribution in [0.4, 0.5) is 10.5 Å². The first-order valence-corrected chi connectivity index (χ1v) is 11.3. The molecule has 2 rings (SSSR count). The van der Waals surface area contributed by atoms with Crippen LogP contribution in [0.15, 0.2) is 24.3 Å². The smallest absolute Gasteiger partial charge is 0.411 e. The molecule has 5 nitrogen and oxygen atoms in total. The summed E-state index contributed by atoms with van der Waals surface area (Å²) in [5, 5.41) is 2.79. The van der Waals surface area contributed by atoms with Crippen molar-refractivity contribution >= 4 is 11.8 Å². The molecule has 28 heavy (non-hydrogen) atoms. The number of rotatable bonds is 14. The maximum absolute atomic E-state index is 11.9. The number of likely N-dealkylation sites (tertiary alicyclic amines) is 1. The Balaban J connectivity index is 1.54. The number of benzene rings is 1. The summed E-state index contributed by atoms with van der Waals surface area (Å²) in [6.45, 7) is 6.74. The van der Waals surface area contributed by atoms with Gasteiger partial charge in [-0.15, -0.1) is 0 Å². The molecule has 0 aliphatic carbocycles. The van der Waals surface area contributed by atoms with E-state index in [1.165, 1.54) is 75.8 Å². The Labute approximate surface area is 170 Å². The number of carbonyl (C=O) groups excluding carboxylic acids is 1. The van der Waals surface area contributed by atoms with Crippen LogP contribution in [0.5, 0.6) is 5.75 Å². The summed E-state index contributed by atoms with van der Waals surface area (Å²) in [6, 6.07) is 7.54. The summed E-state index contributed by atoms with van der Waals surface area (Å²) in [5.74, 6) is 0.794.